The smallest absolute Gasteiger partial charge is 0.229 e. The zero-order valence-electron chi connectivity index (χ0n) is 14.2. The second-order valence-corrected chi connectivity index (χ2v) is 7.79. The van der Waals surface area contributed by atoms with Gasteiger partial charge in [-0.3, -0.25) is 9.52 Å². The molecular formula is C16H27N2O4S+. The lowest BCUT2D eigenvalue weighted by Gasteiger charge is -2.37. The van der Waals surface area contributed by atoms with E-state index in [9.17, 15) is 18.3 Å². The molecule has 23 heavy (non-hydrogen) atoms. The Morgan fingerprint density at radius 1 is 1.22 bits per heavy atom. The molecule has 0 aromatic heterocycles. The first-order chi connectivity index (χ1) is 10.6. The molecule has 2 N–H and O–H groups in total. The average Bonchev–Trinajstić information content (AvgIpc) is 2.45. The molecule has 0 spiro atoms. The maximum atomic E-state index is 12.5. The van der Waals surface area contributed by atoms with Crippen LogP contribution in [0.3, 0.4) is 0 Å². The number of benzene rings is 1. The minimum absolute atomic E-state index is 0.0137. The summed E-state index contributed by atoms with van der Waals surface area (Å²) in [5, 5.41) is 9.69. The highest BCUT2D eigenvalue weighted by Crippen LogP contribution is 2.15. The number of hydrogen-bond acceptors (Lipinski definition) is 4. The van der Waals surface area contributed by atoms with E-state index < -0.39 is 16.1 Å². The van der Waals surface area contributed by atoms with Crippen LogP contribution in [0, 0.1) is 0 Å². The van der Waals surface area contributed by atoms with Gasteiger partial charge in [0.25, 0.3) is 0 Å². The van der Waals surface area contributed by atoms with Crippen molar-refractivity contribution in [2.75, 3.05) is 37.2 Å². The number of rotatable bonds is 9. The summed E-state index contributed by atoms with van der Waals surface area (Å²) in [4.78, 5) is 12.5. The van der Waals surface area contributed by atoms with Crippen LogP contribution >= 0.6 is 0 Å². The van der Waals surface area contributed by atoms with Crippen LogP contribution in [0.2, 0.25) is 0 Å². The maximum absolute atomic E-state index is 12.5. The van der Waals surface area contributed by atoms with Crippen LogP contribution in [0.25, 0.3) is 0 Å². The van der Waals surface area contributed by atoms with Crippen LogP contribution in [0.15, 0.2) is 24.3 Å². The fourth-order valence-electron chi connectivity index (χ4n) is 2.66. The highest BCUT2D eigenvalue weighted by atomic mass is 32.2. The van der Waals surface area contributed by atoms with E-state index in [1.165, 1.54) is 0 Å². The minimum Gasteiger partial charge on any atom is -0.388 e. The topological polar surface area (TPSA) is 83.5 Å². The molecule has 7 heteroatoms. The number of anilines is 1. The van der Waals surface area contributed by atoms with Gasteiger partial charge in [-0.2, -0.15) is 0 Å². The number of likely N-dealkylation sites (N-methyl/N-ethyl adjacent to an activating group) is 1. The van der Waals surface area contributed by atoms with E-state index in [0.717, 1.165) is 19.3 Å². The molecule has 0 aliphatic rings. The van der Waals surface area contributed by atoms with E-state index in [1.807, 2.05) is 13.8 Å². The van der Waals surface area contributed by atoms with Gasteiger partial charge in [0.2, 0.25) is 15.8 Å². The molecule has 0 radical (unpaired) electrons. The van der Waals surface area contributed by atoms with Crippen molar-refractivity contribution in [3.05, 3.63) is 29.8 Å². The van der Waals surface area contributed by atoms with Gasteiger partial charge >= 0.3 is 0 Å². The number of Topliss-reactive ketones (excluding diaryl/α,β-unsaturated/α-hetero) is 1. The Morgan fingerprint density at radius 3 is 2.13 bits per heavy atom. The van der Waals surface area contributed by atoms with Crippen LogP contribution < -0.4 is 4.72 Å². The number of quaternary nitrogens is 1. The minimum atomic E-state index is -3.33. The Labute approximate surface area is 138 Å². The largest absolute Gasteiger partial charge is 0.388 e. The summed E-state index contributed by atoms with van der Waals surface area (Å²) in [7, 11) is -3.33. The molecule has 1 atom stereocenters. The fourth-order valence-corrected chi connectivity index (χ4v) is 3.23. The lowest BCUT2D eigenvalue weighted by Crippen LogP contribution is -2.54. The Bertz CT molecular complexity index is 620. The van der Waals surface area contributed by atoms with Crippen LogP contribution in [-0.2, 0) is 10.0 Å². The predicted molar refractivity (Wildman–Crippen MR) is 92.0 cm³/mol. The van der Waals surface area contributed by atoms with Gasteiger partial charge in [0.15, 0.2) is 0 Å². The first-order valence-corrected chi connectivity index (χ1v) is 9.64. The number of sulfonamides is 1. The molecule has 0 amide bonds. The summed E-state index contributed by atoms with van der Waals surface area (Å²) in [5.41, 5.74) is 0.971. The first-order valence-electron chi connectivity index (χ1n) is 7.75. The zero-order valence-corrected chi connectivity index (χ0v) is 15.1. The summed E-state index contributed by atoms with van der Waals surface area (Å²) in [5.74, 6) is -0.0137. The van der Waals surface area contributed by atoms with Gasteiger partial charge < -0.3 is 9.59 Å². The molecule has 1 rings (SSSR count). The number of nitrogens with one attached hydrogen (secondary N) is 1. The molecular weight excluding hydrogens is 316 g/mol. The molecule has 0 saturated heterocycles. The van der Waals surface area contributed by atoms with Gasteiger partial charge in [0.05, 0.1) is 19.3 Å². The summed E-state index contributed by atoms with van der Waals surface area (Å²) in [6, 6.07) is 6.40. The quantitative estimate of drug-likeness (QED) is 0.525. The molecule has 0 aliphatic carbocycles. The molecule has 0 saturated carbocycles. The normalized spacial score (nSPS) is 13.6. The predicted octanol–water partition coefficient (Wildman–Crippen LogP) is 1.48. The van der Waals surface area contributed by atoms with Crippen LogP contribution in [-0.4, -0.2) is 62.3 Å². The summed E-state index contributed by atoms with van der Waals surface area (Å²) in [6.45, 7) is 8.13. The Hall–Kier alpha value is -1.44. The number of carbonyl (C=O) groups excluding carboxylic acids is 1. The zero-order chi connectivity index (χ0) is 17.7. The standard InChI is InChI=1S/C16H26N2O4S/c1-5-18(6-2,11-13(3)19)12-16(20)14-7-9-15(10-8-14)17-23(4,21)22/h7-10,13,19H,5-6,11-12H2,1-4H3/p+1. The van der Waals surface area contributed by atoms with Gasteiger partial charge in [-0.25, -0.2) is 8.42 Å². The van der Waals surface area contributed by atoms with Crippen LogP contribution in [0.4, 0.5) is 5.69 Å². The van der Waals surface area contributed by atoms with Crippen molar-refractivity contribution in [3.63, 3.8) is 0 Å². The Balaban J connectivity index is 2.88. The van der Waals surface area contributed by atoms with E-state index in [-0.39, 0.29) is 5.78 Å². The van der Waals surface area contributed by atoms with Gasteiger partial charge in [0.1, 0.15) is 19.2 Å². The van der Waals surface area contributed by atoms with Gasteiger partial charge in [0, 0.05) is 11.3 Å². The highest BCUT2D eigenvalue weighted by molar-refractivity contribution is 7.92. The lowest BCUT2D eigenvalue weighted by molar-refractivity contribution is -0.919. The van der Waals surface area contributed by atoms with Crippen molar-refractivity contribution in [1.29, 1.82) is 0 Å². The molecule has 1 aromatic rings. The van der Waals surface area contributed by atoms with Crippen molar-refractivity contribution < 1.29 is 22.8 Å². The average molecular weight is 343 g/mol. The van der Waals surface area contributed by atoms with Crippen LogP contribution in [0.1, 0.15) is 31.1 Å². The second-order valence-electron chi connectivity index (χ2n) is 6.04. The van der Waals surface area contributed by atoms with Crippen molar-refractivity contribution in [2.24, 2.45) is 0 Å². The van der Waals surface area contributed by atoms with Gasteiger partial charge in [-0.15, -0.1) is 0 Å². The summed E-state index contributed by atoms with van der Waals surface area (Å²) in [6.07, 6.45) is 0.611. The fraction of sp³-hybridized carbons (Fsp3) is 0.562. The van der Waals surface area contributed by atoms with Gasteiger partial charge in [-0.05, 0) is 45.0 Å². The van der Waals surface area contributed by atoms with E-state index >= 15 is 0 Å². The van der Waals surface area contributed by atoms with Crippen LogP contribution in [0.5, 0.6) is 0 Å². The monoisotopic (exact) mass is 343 g/mol. The lowest BCUT2D eigenvalue weighted by atomic mass is 10.1. The van der Waals surface area contributed by atoms with E-state index in [1.54, 1.807) is 31.2 Å². The number of carbonyl (C=O) groups is 1. The molecule has 1 aromatic carbocycles. The van der Waals surface area contributed by atoms with Gasteiger partial charge in [-0.1, -0.05) is 0 Å². The molecule has 0 fully saturated rings. The third kappa shape index (κ3) is 6.29. The second kappa shape index (κ2) is 7.90. The van der Waals surface area contributed by atoms with Crippen molar-refractivity contribution in [3.8, 4) is 0 Å². The number of hydrogen-bond donors (Lipinski definition) is 2. The first kappa shape index (κ1) is 19.6. The third-order valence-electron chi connectivity index (χ3n) is 3.98. The van der Waals surface area contributed by atoms with E-state index in [4.69, 9.17) is 0 Å². The number of nitrogens with zero attached hydrogens (tertiary/aromatic N) is 1. The number of aliphatic hydroxyl groups is 1. The molecule has 6 nitrogen and oxygen atoms in total. The maximum Gasteiger partial charge on any atom is 0.229 e. The summed E-state index contributed by atoms with van der Waals surface area (Å²) < 4.78 is 25.3. The molecule has 1 unspecified atom stereocenters. The molecule has 0 aliphatic heterocycles. The molecule has 130 valence electrons. The molecule has 0 heterocycles. The summed E-state index contributed by atoms with van der Waals surface area (Å²) >= 11 is 0. The highest BCUT2D eigenvalue weighted by Gasteiger charge is 2.29. The van der Waals surface area contributed by atoms with Crippen molar-refractivity contribution >= 4 is 21.5 Å². The Kier molecular flexibility index (Phi) is 6.73. The van der Waals surface area contributed by atoms with E-state index in [2.05, 4.69) is 4.72 Å². The Morgan fingerprint density at radius 2 is 1.74 bits per heavy atom. The third-order valence-corrected chi connectivity index (χ3v) is 4.59. The van der Waals surface area contributed by atoms with Crippen molar-refractivity contribution in [1.82, 2.24) is 0 Å². The number of ketones is 1. The SMILES string of the molecule is CC[N+](CC)(CC(=O)c1ccc(NS(C)(=O)=O)cc1)CC(C)O. The van der Waals surface area contributed by atoms with E-state index in [0.29, 0.717) is 28.8 Å². The van der Waals surface area contributed by atoms with Crippen molar-refractivity contribution in [2.45, 2.75) is 26.9 Å². The number of aliphatic hydroxyl groups excluding tert-OH is 1. The molecule has 0 bridgehead atoms.